The number of amides is 1. The van der Waals surface area contributed by atoms with Gasteiger partial charge in [-0.1, -0.05) is 0 Å². The molecule has 0 bridgehead atoms. The fraction of sp³-hybridized carbons (Fsp3) is 0.429. The van der Waals surface area contributed by atoms with E-state index in [1.807, 2.05) is 19.9 Å². The van der Waals surface area contributed by atoms with Gasteiger partial charge in [0, 0.05) is 18.3 Å². The van der Waals surface area contributed by atoms with E-state index in [0.29, 0.717) is 12.4 Å². The number of nitrogens with zero attached hydrogens (tertiary/aromatic N) is 4. The van der Waals surface area contributed by atoms with Crippen molar-refractivity contribution in [3.63, 3.8) is 0 Å². The number of ether oxygens (including phenoxy) is 1. The number of hydrogen-bond donors (Lipinski definition) is 1. The van der Waals surface area contributed by atoms with Gasteiger partial charge in [-0.3, -0.25) is 4.79 Å². The highest BCUT2D eigenvalue weighted by Gasteiger charge is 2.08. The summed E-state index contributed by atoms with van der Waals surface area (Å²) < 4.78 is 7.71. The van der Waals surface area contributed by atoms with Crippen molar-refractivity contribution in [1.82, 2.24) is 24.9 Å². The molecule has 0 saturated heterocycles. The standard InChI is InChI=1S/C14H19N5O3/c1-4-22-14(21)15-7-8-18-13(20)6-5-12(17-18)19-11(3)9-10(2)16-19/h5-6,9H,4,7-8H2,1-3H3,(H,15,21). The molecule has 118 valence electrons. The zero-order valence-electron chi connectivity index (χ0n) is 12.9. The predicted octanol–water partition coefficient (Wildman–Crippen LogP) is 0.792. The smallest absolute Gasteiger partial charge is 0.407 e. The highest BCUT2D eigenvalue weighted by molar-refractivity contribution is 5.66. The lowest BCUT2D eigenvalue weighted by Crippen LogP contribution is -2.32. The fourth-order valence-corrected chi connectivity index (χ4v) is 2.02. The Morgan fingerprint density at radius 2 is 2.09 bits per heavy atom. The Bertz CT molecular complexity index is 720. The first-order valence-electron chi connectivity index (χ1n) is 7.03. The molecule has 2 rings (SSSR count). The fourth-order valence-electron chi connectivity index (χ4n) is 2.02. The molecule has 2 heterocycles. The summed E-state index contributed by atoms with van der Waals surface area (Å²) in [7, 11) is 0. The van der Waals surface area contributed by atoms with Crippen LogP contribution >= 0.6 is 0 Å². The Hall–Kier alpha value is -2.64. The number of hydrogen-bond acceptors (Lipinski definition) is 5. The molecule has 0 unspecified atom stereocenters. The summed E-state index contributed by atoms with van der Waals surface area (Å²) in [5.41, 5.74) is 1.57. The Morgan fingerprint density at radius 1 is 1.32 bits per heavy atom. The first kappa shape index (κ1) is 15.7. The summed E-state index contributed by atoms with van der Waals surface area (Å²) in [6, 6.07) is 4.99. The average molecular weight is 305 g/mol. The lowest BCUT2D eigenvalue weighted by molar-refractivity contribution is 0.151. The third kappa shape index (κ3) is 3.72. The van der Waals surface area contributed by atoms with Gasteiger partial charge in [-0.25, -0.2) is 14.2 Å². The summed E-state index contributed by atoms with van der Waals surface area (Å²) in [5.74, 6) is 0.557. The van der Waals surface area contributed by atoms with Crippen molar-refractivity contribution >= 4 is 6.09 Å². The first-order valence-corrected chi connectivity index (χ1v) is 7.03. The van der Waals surface area contributed by atoms with Crippen LogP contribution in [0.4, 0.5) is 4.79 Å². The normalized spacial score (nSPS) is 10.5. The highest BCUT2D eigenvalue weighted by Crippen LogP contribution is 2.07. The highest BCUT2D eigenvalue weighted by atomic mass is 16.5. The molecular formula is C14H19N5O3. The van der Waals surface area contributed by atoms with E-state index >= 15 is 0 Å². The number of alkyl carbamates (subject to hydrolysis) is 1. The van der Waals surface area contributed by atoms with E-state index < -0.39 is 6.09 Å². The van der Waals surface area contributed by atoms with Gasteiger partial charge < -0.3 is 10.1 Å². The zero-order chi connectivity index (χ0) is 16.1. The van der Waals surface area contributed by atoms with E-state index in [0.717, 1.165) is 11.4 Å². The molecule has 0 radical (unpaired) electrons. The van der Waals surface area contributed by atoms with Crippen LogP contribution in [0.15, 0.2) is 23.0 Å². The third-order valence-electron chi connectivity index (χ3n) is 2.95. The molecule has 0 atom stereocenters. The Labute approximate surface area is 127 Å². The molecule has 1 N–H and O–H groups in total. The van der Waals surface area contributed by atoms with Crippen molar-refractivity contribution in [2.45, 2.75) is 27.3 Å². The van der Waals surface area contributed by atoms with Crippen molar-refractivity contribution in [3.8, 4) is 5.82 Å². The lowest BCUT2D eigenvalue weighted by Gasteiger charge is -2.09. The molecule has 0 saturated carbocycles. The lowest BCUT2D eigenvalue weighted by atomic mass is 10.4. The summed E-state index contributed by atoms with van der Waals surface area (Å²) in [4.78, 5) is 23.0. The van der Waals surface area contributed by atoms with Gasteiger partial charge in [0.05, 0.1) is 18.8 Å². The number of carbonyl (C=O) groups excluding carboxylic acids is 1. The van der Waals surface area contributed by atoms with Gasteiger partial charge in [0.25, 0.3) is 5.56 Å². The number of nitrogens with one attached hydrogen (secondary N) is 1. The minimum absolute atomic E-state index is 0.240. The maximum atomic E-state index is 11.8. The molecular weight excluding hydrogens is 286 g/mol. The van der Waals surface area contributed by atoms with E-state index in [9.17, 15) is 9.59 Å². The molecule has 0 aromatic carbocycles. The largest absolute Gasteiger partial charge is 0.450 e. The SMILES string of the molecule is CCOC(=O)NCCn1nc(-n2nc(C)cc2C)ccc1=O. The zero-order valence-corrected chi connectivity index (χ0v) is 12.9. The molecule has 0 aliphatic heterocycles. The van der Waals surface area contributed by atoms with Crippen LogP contribution in [-0.2, 0) is 11.3 Å². The van der Waals surface area contributed by atoms with Crippen molar-refractivity contribution < 1.29 is 9.53 Å². The van der Waals surface area contributed by atoms with E-state index in [1.165, 1.54) is 10.7 Å². The quantitative estimate of drug-likeness (QED) is 0.882. The summed E-state index contributed by atoms with van der Waals surface area (Å²) >= 11 is 0. The topological polar surface area (TPSA) is 91.0 Å². The van der Waals surface area contributed by atoms with Gasteiger partial charge in [0.2, 0.25) is 0 Å². The summed E-state index contributed by atoms with van der Waals surface area (Å²) in [5, 5.41) is 11.2. The molecule has 0 aliphatic rings. The van der Waals surface area contributed by atoms with Gasteiger partial charge in [-0.15, -0.1) is 5.10 Å². The van der Waals surface area contributed by atoms with E-state index in [1.54, 1.807) is 17.7 Å². The number of rotatable bonds is 5. The van der Waals surface area contributed by atoms with Gasteiger partial charge in [0.15, 0.2) is 5.82 Å². The molecule has 8 nitrogen and oxygen atoms in total. The van der Waals surface area contributed by atoms with Gasteiger partial charge in [-0.05, 0) is 32.9 Å². The van der Waals surface area contributed by atoms with Gasteiger partial charge in [0.1, 0.15) is 0 Å². The van der Waals surface area contributed by atoms with Crippen LogP contribution in [0, 0.1) is 13.8 Å². The number of aryl methyl sites for hydroxylation is 2. The van der Waals surface area contributed by atoms with Crippen molar-refractivity contribution in [2.24, 2.45) is 0 Å². The summed E-state index contributed by atoms with van der Waals surface area (Å²) in [6.07, 6.45) is -0.509. The number of carbonyl (C=O) groups is 1. The Balaban J connectivity index is 2.12. The second-order valence-corrected chi connectivity index (χ2v) is 4.74. The van der Waals surface area contributed by atoms with Crippen LogP contribution in [0.2, 0.25) is 0 Å². The second-order valence-electron chi connectivity index (χ2n) is 4.74. The van der Waals surface area contributed by atoms with E-state index in [2.05, 4.69) is 15.5 Å². The van der Waals surface area contributed by atoms with Crippen molar-refractivity contribution in [3.05, 3.63) is 39.9 Å². The van der Waals surface area contributed by atoms with Crippen LogP contribution in [-0.4, -0.2) is 38.8 Å². The molecule has 0 spiro atoms. The number of aromatic nitrogens is 4. The van der Waals surface area contributed by atoms with Gasteiger partial charge >= 0.3 is 6.09 Å². The van der Waals surface area contributed by atoms with Crippen molar-refractivity contribution in [1.29, 1.82) is 0 Å². The van der Waals surface area contributed by atoms with Crippen LogP contribution in [0.1, 0.15) is 18.3 Å². The Morgan fingerprint density at radius 3 is 2.73 bits per heavy atom. The van der Waals surface area contributed by atoms with Crippen LogP contribution in [0.5, 0.6) is 0 Å². The predicted molar refractivity (Wildman–Crippen MR) is 80.1 cm³/mol. The Kier molecular flexibility index (Phi) is 4.92. The molecule has 0 aliphatic carbocycles. The third-order valence-corrected chi connectivity index (χ3v) is 2.95. The van der Waals surface area contributed by atoms with Crippen molar-refractivity contribution in [2.75, 3.05) is 13.2 Å². The van der Waals surface area contributed by atoms with E-state index in [4.69, 9.17) is 4.74 Å². The first-order chi connectivity index (χ1) is 10.5. The average Bonchev–Trinajstić information content (AvgIpc) is 2.80. The van der Waals surface area contributed by atoms with Gasteiger partial charge in [-0.2, -0.15) is 5.10 Å². The monoisotopic (exact) mass is 305 g/mol. The molecule has 2 aromatic rings. The second kappa shape index (κ2) is 6.88. The molecule has 8 heteroatoms. The van der Waals surface area contributed by atoms with E-state index in [-0.39, 0.29) is 18.6 Å². The molecule has 22 heavy (non-hydrogen) atoms. The van der Waals surface area contributed by atoms with Crippen LogP contribution < -0.4 is 10.9 Å². The molecule has 1 amide bonds. The minimum atomic E-state index is -0.509. The molecule has 0 fully saturated rings. The maximum absolute atomic E-state index is 11.8. The molecule has 2 aromatic heterocycles. The maximum Gasteiger partial charge on any atom is 0.407 e. The minimum Gasteiger partial charge on any atom is -0.450 e. The summed E-state index contributed by atoms with van der Waals surface area (Å²) in [6.45, 7) is 6.35. The van der Waals surface area contributed by atoms with Crippen LogP contribution in [0.25, 0.3) is 5.82 Å². The van der Waals surface area contributed by atoms with Crippen LogP contribution in [0.3, 0.4) is 0 Å².